The highest BCUT2D eigenvalue weighted by molar-refractivity contribution is 5.46. The Hall–Kier alpha value is -1.52. The van der Waals surface area contributed by atoms with Crippen LogP contribution in [-0.4, -0.2) is 13.4 Å². The number of fused-ring (bicyclic) bond motifs is 1. The lowest BCUT2D eigenvalue weighted by atomic mass is 10.3. The average molecular weight is 187 g/mol. The summed E-state index contributed by atoms with van der Waals surface area (Å²) in [6, 6.07) is 5.13. The van der Waals surface area contributed by atoms with Crippen LogP contribution in [-0.2, 0) is 0 Å². The van der Waals surface area contributed by atoms with Crippen molar-refractivity contribution < 1.29 is 23.0 Å². The molecule has 1 heterocycles. The van der Waals surface area contributed by atoms with E-state index in [0.29, 0.717) is 5.75 Å². The van der Waals surface area contributed by atoms with E-state index < -0.39 is 6.29 Å². The lowest BCUT2D eigenvalue weighted by Crippen LogP contribution is -2.25. The zero-order chi connectivity index (χ0) is 9.47. The standard InChI is InChI=1S/C8H5F2O3/c1-11-5-2-3-6-7(4-5)13-8(9,10)12-6/h3-4H,1H3. The van der Waals surface area contributed by atoms with Crippen molar-refractivity contribution in [2.24, 2.45) is 0 Å². The van der Waals surface area contributed by atoms with Gasteiger partial charge in [-0.3, -0.25) is 0 Å². The molecule has 0 aromatic heterocycles. The van der Waals surface area contributed by atoms with Gasteiger partial charge in [0.2, 0.25) is 0 Å². The van der Waals surface area contributed by atoms with E-state index in [0.717, 1.165) is 0 Å². The summed E-state index contributed by atoms with van der Waals surface area (Å²) < 4.78 is 38.1. The number of hydrogen-bond donors (Lipinski definition) is 0. The lowest BCUT2D eigenvalue weighted by Gasteiger charge is -2.04. The third-order valence-electron chi connectivity index (χ3n) is 1.53. The normalized spacial score (nSPS) is 17.2. The molecule has 5 heteroatoms. The molecule has 1 aromatic rings. The zero-order valence-corrected chi connectivity index (χ0v) is 6.64. The van der Waals surface area contributed by atoms with Crippen LogP contribution in [0.25, 0.3) is 0 Å². The second-order valence-electron chi connectivity index (χ2n) is 2.40. The van der Waals surface area contributed by atoms with Crippen molar-refractivity contribution in [3.05, 3.63) is 18.2 Å². The summed E-state index contributed by atoms with van der Waals surface area (Å²) in [7, 11) is 1.41. The van der Waals surface area contributed by atoms with Crippen LogP contribution >= 0.6 is 0 Å². The lowest BCUT2D eigenvalue weighted by molar-refractivity contribution is -0.286. The van der Waals surface area contributed by atoms with Crippen LogP contribution < -0.4 is 14.2 Å². The maximum absolute atomic E-state index is 12.5. The maximum atomic E-state index is 12.5. The molecule has 0 spiro atoms. The summed E-state index contributed by atoms with van der Waals surface area (Å²) in [5.74, 6) is 0.242. The van der Waals surface area contributed by atoms with Gasteiger partial charge < -0.3 is 14.2 Å². The summed E-state index contributed by atoms with van der Waals surface area (Å²) in [4.78, 5) is 0. The van der Waals surface area contributed by atoms with E-state index >= 15 is 0 Å². The van der Waals surface area contributed by atoms with Gasteiger partial charge in [0.1, 0.15) is 5.75 Å². The summed E-state index contributed by atoms with van der Waals surface area (Å²) in [5.41, 5.74) is 0. The smallest absolute Gasteiger partial charge is 0.496 e. The molecule has 3 nitrogen and oxygen atoms in total. The molecule has 0 amide bonds. The van der Waals surface area contributed by atoms with Gasteiger partial charge >= 0.3 is 6.29 Å². The van der Waals surface area contributed by atoms with Gasteiger partial charge in [-0.2, -0.15) is 0 Å². The van der Waals surface area contributed by atoms with Crippen molar-refractivity contribution in [2.75, 3.05) is 7.11 Å². The number of rotatable bonds is 1. The molecule has 1 aliphatic rings. The van der Waals surface area contributed by atoms with E-state index in [-0.39, 0.29) is 11.5 Å². The van der Waals surface area contributed by atoms with Gasteiger partial charge in [-0.25, -0.2) is 0 Å². The van der Waals surface area contributed by atoms with E-state index in [1.54, 1.807) is 0 Å². The van der Waals surface area contributed by atoms with Gasteiger partial charge in [0.25, 0.3) is 0 Å². The molecule has 0 fully saturated rings. The largest absolute Gasteiger partial charge is 0.586 e. The predicted octanol–water partition coefficient (Wildman–Crippen LogP) is 1.82. The Morgan fingerprint density at radius 2 is 2.08 bits per heavy atom. The maximum Gasteiger partial charge on any atom is 0.586 e. The Bertz CT molecular complexity index is 338. The zero-order valence-electron chi connectivity index (χ0n) is 6.64. The number of methoxy groups -OCH3 is 1. The molecular weight excluding hydrogens is 182 g/mol. The van der Waals surface area contributed by atoms with Crippen LogP contribution in [0.4, 0.5) is 8.78 Å². The minimum atomic E-state index is -3.58. The third-order valence-corrected chi connectivity index (χ3v) is 1.53. The Morgan fingerprint density at radius 1 is 1.38 bits per heavy atom. The molecule has 69 valence electrons. The van der Waals surface area contributed by atoms with Gasteiger partial charge in [-0.1, -0.05) is 0 Å². The van der Waals surface area contributed by atoms with Crippen molar-refractivity contribution >= 4 is 0 Å². The van der Waals surface area contributed by atoms with Gasteiger partial charge in [-0.05, 0) is 6.07 Å². The van der Waals surface area contributed by atoms with Crippen molar-refractivity contribution in [1.29, 1.82) is 0 Å². The van der Waals surface area contributed by atoms with Gasteiger partial charge in [-0.15, -0.1) is 8.78 Å². The summed E-state index contributed by atoms with van der Waals surface area (Å²) in [6.07, 6.45) is -3.58. The van der Waals surface area contributed by atoms with Crippen LogP contribution in [0.1, 0.15) is 0 Å². The highest BCUT2D eigenvalue weighted by Gasteiger charge is 2.43. The quantitative estimate of drug-likeness (QED) is 0.671. The van der Waals surface area contributed by atoms with Gasteiger partial charge in [0.05, 0.1) is 7.11 Å². The van der Waals surface area contributed by atoms with E-state index in [9.17, 15) is 8.78 Å². The number of benzene rings is 1. The molecule has 1 aliphatic heterocycles. The van der Waals surface area contributed by atoms with Crippen molar-refractivity contribution in [3.63, 3.8) is 0 Å². The third kappa shape index (κ3) is 1.37. The first-order chi connectivity index (χ1) is 6.11. The summed E-state index contributed by atoms with van der Waals surface area (Å²) >= 11 is 0. The molecule has 0 unspecified atom stereocenters. The molecule has 0 N–H and O–H groups in total. The number of halogens is 2. The topological polar surface area (TPSA) is 27.7 Å². The SMILES string of the molecule is COc1[c]cc2c(c1)OC(F)(F)O2. The highest BCUT2D eigenvalue weighted by atomic mass is 19.3. The van der Waals surface area contributed by atoms with Crippen LogP contribution in [0, 0.1) is 6.07 Å². The van der Waals surface area contributed by atoms with Crippen molar-refractivity contribution in [3.8, 4) is 17.2 Å². The molecule has 0 saturated carbocycles. The Balaban J connectivity index is 2.36. The number of hydrogen-bond acceptors (Lipinski definition) is 3. The highest BCUT2D eigenvalue weighted by Crippen LogP contribution is 2.42. The second kappa shape index (κ2) is 2.48. The first-order valence-corrected chi connectivity index (χ1v) is 3.46. The van der Waals surface area contributed by atoms with Crippen molar-refractivity contribution in [1.82, 2.24) is 0 Å². The van der Waals surface area contributed by atoms with E-state index in [1.807, 2.05) is 0 Å². The molecule has 0 atom stereocenters. The second-order valence-corrected chi connectivity index (χ2v) is 2.40. The van der Waals surface area contributed by atoms with Crippen LogP contribution in [0.15, 0.2) is 12.1 Å². The fraction of sp³-hybridized carbons (Fsp3) is 0.250. The molecular formula is C8H5F2O3. The Kier molecular flexibility index (Phi) is 1.55. The molecule has 0 aliphatic carbocycles. The Labute approximate surface area is 72.8 Å². The Morgan fingerprint density at radius 3 is 2.77 bits per heavy atom. The minimum Gasteiger partial charge on any atom is -0.496 e. The number of alkyl halides is 2. The van der Waals surface area contributed by atoms with E-state index in [4.69, 9.17) is 4.74 Å². The molecule has 2 rings (SSSR count). The summed E-state index contributed by atoms with van der Waals surface area (Å²) in [5, 5.41) is 0. The van der Waals surface area contributed by atoms with Crippen LogP contribution in [0.3, 0.4) is 0 Å². The number of ether oxygens (including phenoxy) is 3. The first kappa shape index (κ1) is 8.10. The molecule has 1 aromatic carbocycles. The monoisotopic (exact) mass is 187 g/mol. The van der Waals surface area contributed by atoms with Crippen molar-refractivity contribution in [2.45, 2.75) is 6.29 Å². The first-order valence-electron chi connectivity index (χ1n) is 3.46. The fourth-order valence-corrected chi connectivity index (χ4v) is 0.994. The van der Waals surface area contributed by atoms with Gasteiger partial charge in [0.15, 0.2) is 11.5 Å². The van der Waals surface area contributed by atoms with E-state index in [2.05, 4.69) is 15.5 Å². The summed E-state index contributed by atoms with van der Waals surface area (Å²) in [6.45, 7) is 0. The fourth-order valence-electron chi connectivity index (χ4n) is 0.994. The van der Waals surface area contributed by atoms with Crippen LogP contribution in [0.5, 0.6) is 17.2 Å². The molecule has 1 radical (unpaired) electrons. The van der Waals surface area contributed by atoms with Gasteiger partial charge in [0, 0.05) is 12.1 Å². The minimum absolute atomic E-state index is 0.0363. The molecule has 0 bridgehead atoms. The molecule has 13 heavy (non-hydrogen) atoms. The van der Waals surface area contributed by atoms with Crippen LogP contribution in [0.2, 0.25) is 0 Å². The predicted molar refractivity (Wildman–Crippen MR) is 38.0 cm³/mol. The molecule has 0 saturated heterocycles. The average Bonchev–Trinajstić information content (AvgIpc) is 2.36. The van der Waals surface area contributed by atoms with E-state index in [1.165, 1.54) is 19.2 Å².